The summed E-state index contributed by atoms with van der Waals surface area (Å²) in [4.78, 5) is 12.1. The minimum Gasteiger partial charge on any atom is -0.344 e. The van der Waals surface area contributed by atoms with Gasteiger partial charge >= 0.3 is 0 Å². The molecule has 1 rings (SSSR count). The van der Waals surface area contributed by atoms with Crippen LogP contribution in [0.4, 0.5) is 0 Å². The van der Waals surface area contributed by atoms with Crippen LogP contribution in [0.1, 0.15) is 30.0 Å². The number of aromatic nitrogens is 2. The standard InChI is InChI=1S/C11H17Br2N3O/c1-4-8-5-9(16(3)15-8)10(17)14-11(2,6-12)7-13/h5H,4,6-7H2,1-3H3,(H,14,17). The number of halogens is 2. The number of rotatable bonds is 5. The molecule has 1 aromatic rings. The predicted octanol–water partition coefficient (Wildman–Crippen LogP) is 2.26. The number of carbonyl (C=O) groups excluding carboxylic acids is 1. The van der Waals surface area contributed by atoms with Crippen molar-refractivity contribution in [2.45, 2.75) is 25.8 Å². The quantitative estimate of drug-likeness (QED) is 0.812. The van der Waals surface area contributed by atoms with E-state index in [9.17, 15) is 4.79 Å². The molecule has 6 heteroatoms. The molecule has 1 amide bonds. The smallest absolute Gasteiger partial charge is 0.270 e. The summed E-state index contributed by atoms with van der Waals surface area (Å²) in [6, 6.07) is 1.83. The summed E-state index contributed by atoms with van der Waals surface area (Å²) in [5.74, 6) is -0.0962. The van der Waals surface area contributed by atoms with Crippen molar-refractivity contribution in [2.24, 2.45) is 7.05 Å². The van der Waals surface area contributed by atoms with Gasteiger partial charge in [-0.3, -0.25) is 9.48 Å². The number of hydrogen-bond donors (Lipinski definition) is 1. The maximum Gasteiger partial charge on any atom is 0.270 e. The molecule has 0 spiro atoms. The van der Waals surface area contributed by atoms with Gasteiger partial charge in [0.1, 0.15) is 5.69 Å². The number of amides is 1. The van der Waals surface area contributed by atoms with Crippen molar-refractivity contribution in [3.63, 3.8) is 0 Å². The zero-order valence-corrected chi connectivity index (χ0v) is 13.4. The highest BCUT2D eigenvalue weighted by molar-refractivity contribution is 9.09. The van der Waals surface area contributed by atoms with Crippen LogP contribution in [0.25, 0.3) is 0 Å². The van der Waals surface area contributed by atoms with E-state index in [0.29, 0.717) is 16.4 Å². The SMILES string of the molecule is CCc1cc(C(=O)NC(C)(CBr)CBr)n(C)n1. The molecule has 1 aromatic heterocycles. The summed E-state index contributed by atoms with van der Waals surface area (Å²) >= 11 is 6.81. The predicted molar refractivity (Wildman–Crippen MR) is 76.0 cm³/mol. The van der Waals surface area contributed by atoms with Gasteiger partial charge in [0.2, 0.25) is 0 Å². The summed E-state index contributed by atoms with van der Waals surface area (Å²) in [6.45, 7) is 4.00. The molecular formula is C11H17Br2N3O. The summed E-state index contributed by atoms with van der Waals surface area (Å²) in [6.07, 6.45) is 0.829. The molecule has 4 nitrogen and oxygen atoms in total. The van der Waals surface area contributed by atoms with Crippen LogP contribution in [0, 0.1) is 0 Å². The zero-order chi connectivity index (χ0) is 13.1. The van der Waals surface area contributed by atoms with Crippen LogP contribution in [0.3, 0.4) is 0 Å². The maximum atomic E-state index is 12.1. The fraction of sp³-hybridized carbons (Fsp3) is 0.636. The summed E-state index contributed by atoms with van der Waals surface area (Å²) < 4.78 is 1.62. The third-order valence-electron chi connectivity index (χ3n) is 2.53. The Bertz CT molecular complexity index is 399. The van der Waals surface area contributed by atoms with Crippen LogP contribution in [0.15, 0.2) is 6.07 Å². The Hall–Kier alpha value is -0.360. The van der Waals surface area contributed by atoms with Gasteiger partial charge in [-0.15, -0.1) is 0 Å². The molecule has 0 aliphatic carbocycles. The van der Waals surface area contributed by atoms with Gasteiger partial charge in [-0.25, -0.2) is 0 Å². The number of alkyl halides is 2. The van der Waals surface area contributed by atoms with Crippen LogP contribution in [0.5, 0.6) is 0 Å². The average Bonchev–Trinajstić information content (AvgIpc) is 2.70. The van der Waals surface area contributed by atoms with Crippen molar-refractivity contribution in [1.29, 1.82) is 0 Å². The van der Waals surface area contributed by atoms with Crippen molar-refractivity contribution in [3.8, 4) is 0 Å². The molecule has 0 saturated heterocycles. The number of nitrogens with one attached hydrogen (secondary N) is 1. The first-order chi connectivity index (χ1) is 7.95. The lowest BCUT2D eigenvalue weighted by molar-refractivity contribution is 0.0913. The van der Waals surface area contributed by atoms with Gasteiger partial charge in [-0.05, 0) is 19.4 Å². The third kappa shape index (κ3) is 3.55. The molecule has 0 fully saturated rings. The molecule has 96 valence electrons. The van der Waals surface area contributed by atoms with E-state index >= 15 is 0 Å². The van der Waals surface area contributed by atoms with E-state index in [4.69, 9.17) is 0 Å². The van der Waals surface area contributed by atoms with Crippen LogP contribution in [-0.2, 0) is 13.5 Å². The molecule has 1 N–H and O–H groups in total. The Morgan fingerprint density at radius 3 is 2.53 bits per heavy atom. The largest absolute Gasteiger partial charge is 0.344 e. The second kappa shape index (κ2) is 6.00. The third-order valence-corrected chi connectivity index (χ3v) is 5.01. The molecule has 0 unspecified atom stereocenters. The van der Waals surface area contributed by atoms with E-state index < -0.39 is 0 Å². The van der Waals surface area contributed by atoms with Gasteiger partial charge < -0.3 is 5.32 Å². The Kier molecular flexibility index (Phi) is 5.19. The molecule has 0 aliphatic heterocycles. The van der Waals surface area contributed by atoms with E-state index in [1.807, 2.05) is 19.9 Å². The Balaban J connectivity index is 2.86. The highest BCUT2D eigenvalue weighted by Gasteiger charge is 2.25. The lowest BCUT2D eigenvalue weighted by Crippen LogP contribution is -2.49. The van der Waals surface area contributed by atoms with Crippen LogP contribution >= 0.6 is 31.9 Å². The topological polar surface area (TPSA) is 46.9 Å². The summed E-state index contributed by atoms with van der Waals surface area (Å²) in [5.41, 5.74) is 1.22. The van der Waals surface area contributed by atoms with Gasteiger partial charge in [-0.2, -0.15) is 5.10 Å². The molecule has 0 atom stereocenters. The van der Waals surface area contributed by atoms with E-state index in [-0.39, 0.29) is 11.4 Å². The van der Waals surface area contributed by atoms with Crippen molar-refractivity contribution in [1.82, 2.24) is 15.1 Å². The summed E-state index contributed by atoms with van der Waals surface area (Å²) in [5, 5.41) is 8.64. The monoisotopic (exact) mass is 365 g/mol. The second-order valence-corrected chi connectivity index (χ2v) is 5.40. The van der Waals surface area contributed by atoms with Crippen molar-refractivity contribution in [3.05, 3.63) is 17.5 Å². The Morgan fingerprint density at radius 2 is 2.12 bits per heavy atom. The maximum absolute atomic E-state index is 12.1. The zero-order valence-electron chi connectivity index (χ0n) is 10.3. The van der Waals surface area contributed by atoms with Crippen LogP contribution < -0.4 is 5.32 Å². The van der Waals surface area contributed by atoms with Gasteiger partial charge in [0.15, 0.2) is 0 Å². The van der Waals surface area contributed by atoms with Gasteiger partial charge in [0.05, 0.1) is 11.2 Å². The normalized spacial score (nSPS) is 11.6. The second-order valence-electron chi connectivity index (χ2n) is 4.28. The number of nitrogens with zero attached hydrogens (tertiary/aromatic N) is 2. The molecule has 0 saturated carbocycles. The molecule has 0 bridgehead atoms. The average molecular weight is 367 g/mol. The minimum absolute atomic E-state index is 0.0962. The first-order valence-corrected chi connectivity index (χ1v) is 7.67. The molecule has 17 heavy (non-hydrogen) atoms. The van der Waals surface area contributed by atoms with Crippen molar-refractivity contribution < 1.29 is 4.79 Å². The fourth-order valence-corrected chi connectivity index (χ4v) is 2.56. The van der Waals surface area contributed by atoms with Gasteiger partial charge in [0.25, 0.3) is 5.91 Å². The Labute approximate surface area is 118 Å². The molecular weight excluding hydrogens is 350 g/mol. The van der Waals surface area contributed by atoms with Gasteiger partial charge in [-0.1, -0.05) is 38.8 Å². The fourth-order valence-electron chi connectivity index (χ4n) is 1.35. The number of carbonyl (C=O) groups is 1. The first-order valence-electron chi connectivity index (χ1n) is 5.43. The van der Waals surface area contributed by atoms with Crippen molar-refractivity contribution >= 4 is 37.8 Å². The van der Waals surface area contributed by atoms with E-state index in [0.717, 1.165) is 12.1 Å². The molecule has 1 heterocycles. The lowest BCUT2D eigenvalue weighted by atomic mass is 10.1. The summed E-state index contributed by atoms with van der Waals surface area (Å²) in [7, 11) is 1.79. The highest BCUT2D eigenvalue weighted by atomic mass is 79.9. The van der Waals surface area contributed by atoms with Crippen LogP contribution in [0.2, 0.25) is 0 Å². The Morgan fingerprint density at radius 1 is 1.53 bits per heavy atom. The first kappa shape index (κ1) is 14.7. The minimum atomic E-state index is -0.298. The van der Waals surface area contributed by atoms with E-state index in [2.05, 4.69) is 42.3 Å². The van der Waals surface area contributed by atoms with E-state index in [1.54, 1.807) is 11.7 Å². The number of aryl methyl sites for hydroxylation is 2. The lowest BCUT2D eigenvalue weighted by Gasteiger charge is -2.26. The van der Waals surface area contributed by atoms with Crippen LogP contribution in [-0.4, -0.2) is 31.9 Å². The van der Waals surface area contributed by atoms with Gasteiger partial charge in [0, 0.05) is 17.7 Å². The van der Waals surface area contributed by atoms with Crippen molar-refractivity contribution in [2.75, 3.05) is 10.7 Å². The number of hydrogen-bond acceptors (Lipinski definition) is 2. The highest BCUT2D eigenvalue weighted by Crippen LogP contribution is 2.13. The molecule has 0 aliphatic rings. The van der Waals surface area contributed by atoms with E-state index in [1.165, 1.54) is 0 Å². The molecule has 0 radical (unpaired) electrons. The molecule has 0 aromatic carbocycles.